The molecule has 0 aliphatic carbocycles. The number of benzene rings is 2. The Bertz CT molecular complexity index is 908. The van der Waals surface area contributed by atoms with Gasteiger partial charge in [-0.15, -0.1) is 0 Å². The van der Waals surface area contributed by atoms with Crippen LogP contribution in [0.4, 0.5) is 0 Å². The van der Waals surface area contributed by atoms with Crippen molar-refractivity contribution in [3.8, 4) is 0 Å². The molecule has 2 bridgehead atoms. The van der Waals surface area contributed by atoms with Crippen LogP contribution in [0.3, 0.4) is 0 Å². The summed E-state index contributed by atoms with van der Waals surface area (Å²) >= 11 is 0. The van der Waals surface area contributed by atoms with Crippen LogP contribution < -0.4 is 0 Å². The maximum atomic E-state index is 12.9. The molecule has 1 N–H and O–H groups in total. The third-order valence-corrected chi connectivity index (χ3v) is 8.75. The van der Waals surface area contributed by atoms with Gasteiger partial charge in [0.1, 0.15) is 18.6 Å². The van der Waals surface area contributed by atoms with Crippen LogP contribution in [0.15, 0.2) is 54.6 Å². The Balaban J connectivity index is 1.37. The normalized spacial score (nSPS) is 27.0. The fourth-order valence-corrected chi connectivity index (χ4v) is 6.38. The Morgan fingerprint density at radius 3 is 2.12 bits per heavy atom. The minimum absolute atomic E-state index is 0.0450. The fraction of sp³-hybridized carbons (Fsp3) is 0.567. The van der Waals surface area contributed by atoms with E-state index in [-0.39, 0.29) is 18.7 Å². The molecule has 3 unspecified atom stereocenters. The predicted octanol–water partition coefficient (Wildman–Crippen LogP) is 5.62. The largest absolute Gasteiger partial charge is 0.461 e. The fourth-order valence-electron chi connectivity index (χ4n) is 6.38. The lowest BCUT2D eigenvalue weighted by Crippen LogP contribution is -2.58. The molecule has 0 aromatic heterocycles. The molecule has 0 radical (unpaired) electrons. The van der Waals surface area contributed by atoms with Crippen molar-refractivity contribution in [2.45, 2.75) is 89.4 Å². The summed E-state index contributed by atoms with van der Waals surface area (Å²) in [5.74, 6) is -0.109. The number of esters is 1. The van der Waals surface area contributed by atoms with Crippen molar-refractivity contribution < 1.29 is 19.1 Å². The monoisotopic (exact) mass is 464 g/mol. The van der Waals surface area contributed by atoms with Gasteiger partial charge in [0, 0.05) is 31.2 Å². The van der Waals surface area contributed by atoms with E-state index in [9.17, 15) is 9.90 Å². The number of quaternary nitrogens is 1. The molecule has 0 spiro atoms. The van der Waals surface area contributed by atoms with Crippen LogP contribution in [0.25, 0.3) is 0 Å². The van der Waals surface area contributed by atoms with E-state index in [0.29, 0.717) is 12.1 Å². The Kier molecular flexibility index (Phi) is 8.10. The van der Waals surface area contributed by atoms with Crippen LogP contribution in [0.2, 0.25) is 0 Å². The lowest BCUT2D eigenvalue weighted by molar-refractivity contribution is -0.961. The van der Waals surface area contributed by atoms with Crippen LogP contribution in [0.5, 0.6) is 0 Å². The maximum Gasteiger partial charge on any atom is 0.316 e. The van der Waals surface area contributed by atoms with Gasteiger partial charge in [0.25, 0.3) is 0 Å². The second kappa shape index (κ2) is 11.0. The second-order valence-corrected chi connectivity index (χ2v) is 10.8. The average molecular weight is 465 g/mol. The summed E-state index contributed by atoms with van der Waals surface area (Å²) in [6.07, 6.45) is 7.84. The van der Waals surface area contributed by atoms with E-state index in [0.717, 1.165) is 35.4 Å². The first kappa shape index (κ1) is 24.9. The molecular formula is C30H42NO3+. The van der Waals surface area contributed by atoms with Gasteiger partial charge in [-0.1, -0.05) is 81.3 Å². The van der Waals surface area contributed by atoms with Crippen molar-refractivity contribution in [2.75, 3.05) is 13.7 Å². The molecule has 2 heterocycles. The molecule has 4 rings (SSSR count). The maximum absolute atomic E-state index is 12.9. The Morgan fingerprint density at radius 2 is 1.56 bits per heavy atom. The third kappa shape index (κ3) is 5.39. The molecule has 2 aromatic rings. The summed E-state index contributed by atoms with van der Waals surface area (Å²) in [5.41, 5.74) is 3.68. The smallest absolute Gasteiger partial charge is 0.316 e. The molecule has 2 fully saturated rings. The molecule has 184 valence electrons. The van der Waals surface area contributed by atoms with E-state index >= 15 is 0 Å². The molecule has 2 aromatic carbocycles. The molecular weight excluding hydrogens is 422 g/mol. The van der Waals surface area contributed by atoms with Crippen molar-refractivity contribution in [1.82, 2.24) is 0 Å². The summed E-state index contributed by atoms with van der Waals surface area (Å²) in [6, 6.07) is 19.8. The van der Waals surface area contributed by atoms with Crippen LogP contribution in [-0.2, 0) is 22.5 Å². The quantitative estimate of drug-likeness (QED) is 0.366. The van der Waals surface area contributed by atoms with E-state index in [1.165, 1.54) is 43.2 Å². The molecule has 4 heteroatoms. The number of fused-ring (bicyclic) bond motifs is 2. The molecule has 34 heavy (non-hydrogen) atoms. The van der Waals surface area contributed by atoms with Crippen LogP contribution in [-0.4, -0.2) is 47.4 Å². The van der Waals surface area contributed by atoms with Crippen LogP contribution in [0, 0.1) is 5.92 Å². The average Bonchev–Trinajstić information content (AvgIpc) is 3.00. The van der Waals surface area contributed by atoms with Crippen LogP contribution in [0.1, 0.15) is 75.0 Å². The van der Waals surface area contributed by atoms with Crippen molar-refractivity contribution in [2.24, 2.45) is 5.92 Å². The summed E-state index contributed by atoms with van der Waals surface area (Å²) in [6.45, 7) is 5.40. The minimum atomic E-state index is -0.597. The van der Waals surface area contributed by atoms with Gasteiger partial charge in [-0.25, -0.2) is 0 Å². The number of aliphatic hydroxyl groups excluding tert-OH is 1. The zero-order valence-corrected chi connectivity index (χ0v) is 21.2. The topological polar surface area (TPSA) is 46.5 Å². The highest BCUT2D eigenvalue weighted by Gasteiger charge is 2.52. The molecule has 2 aliphatic rings. The molecule has 0 saturated carbocycles. The van der Waals surface area contributed by atoms with Crippen LogP contribution >= 0.6 is 0 Å². The minimum Gasteiger partial charge on any atom is -0.461 e. The van der Waals surface area contributed by atoms with Gasteiger partial charge in [-0.2, -0.15) is 0 Å². The predicted molar refractivity (Wildman–Crippen MR) is 136 cm³/mol. The van der Waals surface area contributed by atoms with Crippen molar-refractivity contribution in [3.05, 3.63) is 71.3 Å². The summed E-state index contributed by atoms with van der Waals surface area (Å²) in [7, 11) is 2.40. The summed E-state index contributed by atoms with van der Waals surface area (Å²) in [4.78, 5) is 12.9. The van der Waals surface area contributed by atoms with Crippen molar-refractivity contribution in [1.29, 1.82) is 0 Å². The van der Waals surface area contributed by atoms with Gasteiger partial charge in [0.15, 0.2) is 0 Å². The SMILES string of the molecule is CCC(CC)Cc1ccc(C[N+]2(C)[C@@H]3CC[C@H]2CC(OC(=O)C(CO)c2ccccc2)C3)cc1. The Labute approximate surface area is 205 Å². The van der Waals surface area contributed by atoms with Gasteiger partial charge < -0.3 is 14.3 Å². The first-order chi connectivity index (χ1) is 16.5. The second-order valence-electron chi connectivity index (χ2n) is 10.8. The van der Waals surface area contributed by atoms with E-state index < -0.39 is 5.92 Å². The number of piperidine rings is 1. The van der Waals surface area contributed by atoms with Gasteiger partial charge in [0.05, 0.1) is 25.7 Å². The van der Waals surface area contributed by atoms with Gasteiger partial charge in [0.2, 0.25) is 0 Å². The summed E-state index contributed by atoms with van der Waals surface area (Å²) in [5, 5.41) is 9.83. The van der Waals surface area contributed by atoms with E-state index in [2.05, 4.69) is 45.2 Å². The van der Waals surface area contributed by atoms with Crippen molar-refractivity contribution in [3.63, 3.8) is 0 Å². The first-order valence-electron chi connectivity index (χ1n) is 13.3. The molecule has 2 aliphatic heterocycles. The molecule has 2 saturated heterocycles. The van der Waals surface area contributed by atoms with Gasteiger partial charge in [-0.05, 0) is 23.5 Å². The number of carbonyl (C=O) groups excluding carboxylic acids is 1. The molecule has 0 amide bonds. The van der Waals surface area contributed by atoms with E-state index in [1.807, 2.05) is 30.3 Å². The lowest BCUT2D eigenvalue weighted by Gasteiger charge is -2.47. The standard InChI is InChI=1S/C30H42NO3/c1-4-22(5-2)17-23-11-13-24(14-12-23)20-31(3)26-15-16-27(31)19-28(18-26)34-30(33)29(21-32)25-9-7-6-8-10-25/h6-14,22,26-29,32H,4-5,15-21H2,1-3H3/q+1/t26-,27+,28?,29?,31?. The number of nitrogens with zero attached hydrogens (tertiary/aromatic N) is 1. The third-order valence-electron chi connectivity index (χ3n) is 8.75. The van der Waals surface area contributed by atoms with Gasteiger partial charge >= 0.3 is 5.97 Å². The summed E-state index contributed by atoms with van der Waals surface area (Å²) < 4.78 is 7.05. The lowest BCUT2D eigenvalue weighted by atomic mass is 9.93. The number of hydrogen-bond acceptors (Lipinski definition) is 3. The Morgan fingerprint density at radius 1 is 0.971 bits per heavy atom. The zero-order valence-electron chi connectivity index (χ0n) is 21.2. The van der Waals surface area contributed by atoms with Gasteiger partial charge in [-0.3, -0.25) is 4.79 Å². The number of hydrogen-bond donors (Lipinski definition) is 1. The molecule has 4 nitrogen and oxygen atoms in total. The Hall–Kier alpha value is -2.17. The number of aliphatic hydroxyl groups is 1. The molecule has 5 atom stereocenters. The van der Waals surface area contributed by atoms with E-state index in [1.54, 1.807) is 0 Å². The van der Waals surface area contributed by atoms with E-state index in [4.69, 9.17) is 4.74 Å². The first-order valence-corrected chi connectivity index (χ1v) is 13.3. The number of carbonyl (C=O) groups is 1. The number of rotatable bonds is 10. The number of ether oxygens (including phenoxy) is 1. The highest BCUT2D eigenvalue weighted by Crippen LogP contribution is 2.43. The highest BCUT2D eigenvalue weighted by atomic mass is 16.5. The highest BCUT2D eigenvalue weighted by molar-refractivity contribution is 5.78. The van der Waals surface area contributed by atoms with Crippen molar-refractivity contribution >= 4 is 5.97 Å². The zero-order chi connectivity index (χ0) is 24.1.